The van der Waals surface area contributed by atoms with Crippen molar-refractivity contribution < 1.29 is 4.79 Å². The van der Waals surface area contributed by atoms with Gasteiger partial charge in [0.1, 0.15) is 0 Å². The van der Waals surface area contributed by atoms with Crippen molar-refractivity contribution in [3.05, 3.63) is 34.9 Å². The molecule has 1 amide bonds. The number of nitrogens with zero attached hydrogens (tertiary/aromatic N) is 1. The van der Waals surface area contributed by atoms with E-state index in [-0.39, 0.29) is 0 Å². The molecule has 3 rings (SSSR count). The molecule has 2 aliphatic rings. The van der Waals surface area contributed by atoms with Crippen LogP contribution in [0.3, 0.4) is 0 Å². The van der Waals surface area contributed by atoms with Gasteiger partial charge in [-0.25, -0.2) is 0 Å². The van der Waals surface area contributed by atoms with Crippen molar-refractivity contribution in [3.8, 4) is 0 Å². The Morgan fingerprint density at radius 2 is 1.82 bits per heavy atom. The molecule has 1 saturated carbocycles. The van der Waals surface area contributed by atoms with Crippen LogP contribution in [0.15, 0.2) is 24.3 Å². The fraction of sp³-hybridized carbons (Fsp3) is 0.611. The van der Waals surface area contributed by atoms with Gasteiger partial charge in [-0.3, -0.25) is 4.79 Å². The molecule has 120 valence electrons. The van der Waals surface area contributed by atoms with Gasteiger partial charge in [-0.2, -0.15) is 0 Å². The first-order valence-electron chi connectivity index (χ1n) is 8.47. The number of halogens is 1. The molecule has 0 aromatic heterocycles. The molecule has 4 heteroatoms. The van der Waals surface area contributed by atoms with E-state index in [0.29, 0.717) is 18.4 Å². The van der Waals surface area contributed by atoms with Gasteiger partial charge < -0.3 is 10.2 Å². The Labute approximate surface area is 138 Å². The van der Waals surface area contributed by atoms with Crippen molar-refractivity contribution in [1.29, 1.82) is 0 Å². The van der Waals surface area contributed by atoms with Gasteiger partial charge in [-0.05, 0) is 68.8 Å². The maximum absolute atomic E-state index is 12.6. The second-order valence-corrected chi connectivity index (χ2v) is 7.05. The Kier molecular flexibility index (Phi) is 5.37. The molecule has 3 nitrogen and oxygen atoms in total. The van der Waals surface area contributed by atoms with Crippen LogP contribution in [0, 0.1) is 5.92 Å². The molecule has 1 aromatic carbocycles. The van der Waals surface area contributed by atoms with Crippen LogP contribution >= 0.6 is 11.6 Å². The quantitative estimate of drug-likeness (QED) is 0.868. The topological polar surface area (TPSA) is 32.3 Å². The summed E-state index contributed by atoms with van der Waals surface area (Å²) < 4.78 is 0. The molecular weight excluding hydrogens is 296 g/mol. The molecular formula is C18H25ClN2O. The Morgan fingerprint density at radius 3 is 2.45 bits per heavy atom. The molecule has 1 aliphatic heterocycles. The molecule has 0 bridgehead atoms. The second-order valence-electron chi connectivity index (χ2n) is 6.61. The summed E-state index contributed by atoms with van der Waals surface area (Å²) >= 11 is 5.94. The number of carbonyl (C=O) groups excluding carboxylic acids is 1. The number of benzene rings is 1. The molecule has 1 heterocycles. The summed E-state index contributed by atoms with van der Waals surface area (Å²) in [5.41, 5.74) is 1.17. The van der Waals surface area contributed by atoms with E-state index in [2.05, 4.69) is 10.2 Å². The lowest BCUT2D eigenvalue weighted by molar-refractivity contribution is -0.132. The van der Waals surface area contributed by atoms with Gasteiger partial charge in [0.25, 0.3) is 0 Å². The van der Waals surface area contributed by atoms with Crippen molar-refractivity contribution in [1.82, 2.24) is 10.2 Å². The number of hydrogen-bond donors (Lipinski definition) is 1. The minimum Gasteiger partial charge on any atom is -0.335 e. The average Bonchev–Trinajstić information content (AvgIpc) is 3.38. The third-order valence-electron chi connectivity index (χ3n) is 4.80. The number of amides is 1. The first-order chi connectivity index (χ1) is 10.7. The lowest BCUT2D eigenvalue weighted by Crippen LogP contribution is -2.33. The number of hydrogen-bond acceptors (Lipinski definition) is 2. The van der Waals surface area contributed by atoms with E-state index in [4.69, 9.17) is 11.6 Å². The lowest BCUT2D eigenvalue weighted by Gasteiger charge is -2.26. The Balaban J connectivity index is 1.53. The summed E-state index contributed by atoms with van der Waals surface area (Å²) in [6.45, 7) is 2.94. The molecule has 0 spiro atoms. The summed E-state index contributed by atoms with van der Waals surface area (Å²) in [6.07, 6.45) is 6.50. The van der Waals surface area contributed by atoms with Crippen LogP contribution in [-0.4, -0.2) is 29.9 Å². The zero-order valence-electron chi connectivity index (χ0n) is 13.1. The van der Waals surface area contributed by atoms with Crippen LogP contribution in [0.2, 0.25) is 5.02 Å². The first kappa shape index (κ1) is 15.8. The van der Waals surface area contributed by atoms with E-state index in [1.165, 1.54) is 18.4 Å². The Hall–Kier alpha value is -1.06. The molecule has 0 atom stereocenters. The number of rotatable bonds is 6. The van der Waals surface area contributed by atoms with E-state index >= 15 is 0 Å². The standard InChI is InChI=1S/C18H25ClN2O/c19-16-4-1-15(2-5-16)13-21(17-6-7-17)18(22)8-3-14-9-11-20-12-10-14/h1-2,4-5,14,17,20H,3,6-13H2. The third-order valence-corrected chi connectivity index (χ3v) is 5.05. The maximum atomic E-state index is 12.6. The zero-order chi connectivity index (χ0) is 15.4. The minimum absolute atomic E-state index is 0.330. The van der Waals surface area contributed by atoms with Gasteiger partial charge in [-0.15, -0.1) is 0 Å². The largest absolute Gasteiger partial charge is 0.335 e. The molecule has 0 unspecified atom stereocenters. The average molecular weight is 321 g/mol. The van der Waals surface area contributed by atoms with Crippen LogP contribution in [0.4, 0.5) is 0 Å². The van der Waals surface area contributed by atoms with Crippen molar-refractivity contribution in [2.45, 2.75) is 51.1 Å². The monoisotopic (exact) mass is 320 g/mol. The van der Waals surface area contributed by atoms with E-state index < -0.39 is 0 Å². The zero-order valence-corrected chi connectivity index (χ0v) is 13.8. The summed E-state index contributed by atoms with van der Waals surface area (Å²) in [5.74, 6) is 1.05. The van der Waals surface area contributed by atoms with Gasteiger partial charge >= 0.3 is 0 Å². The summed E-state index contributed by atoms with van der Waals surface area (Å²) in [5, 5.41) is 4.13. The van der Waals surface area contributed by atoms with Crippen LogP contribution in [-0.2, 0) is 11.3 Å². The molecule has 1 N–H and O–H groups in total. The number of piperidine rings is 1. The lowest BCUT2D eigenvalue weighted by atomic mass is 9.93. The SMILES string of the molecule is O=C(CCC1CCNCC1)N(Cc1ccc(Cl)cc1)C1CC1. The van der Waals surface area contributed by atoms with Gasteiger partial charge in [0, 0.05) is 24.0 Å². The molecule has 1 aliphatic carbocycles. The minimum atomic E-state index is 0.330. The fourth-order valence-electron chi connectivity index (χ4n) is 3.24. The van der Waals surface area contributed by atoms with Gasteiger partial charge in [0.05, 0.1) is 0 Å². The predicted octanol–water partition coefficient (Wildman–Crippen LogP) is 3.61. The second kappa shape index (κ2) is 7.47. The summed E-state index contributed by atoms with van der Waals surface area (Å²) in [7, 11) is 0. The smallest absolute Gasteiger partial charge is 0.223 e. The normalized spacial score (nSPS) is 19.1. The van der Waals surface area contributed by atoms with Crippen molar-refractivity contribution >= 4 is 17.5 Å². The summed E-state index contributed by atoms with van der Waals surface area (Å²) in [6, 6.07) is 8.33. The maximum Gasteiger partial charge on any atom is 0.223 e. The first-order valence-corrected chi connectivity index (χ1v) is 8.85. The third kappa shape index (κ3) is 4.47. The van der Waals surface area contributed by atoms with Crippen LogP contribution < -0.4 is 5.32 Å². The molecule has 1 saturated heterocycles. The highest BCUT2D eigenvalue weighted by atomic mass is 35.5. The van der Waals surface area contributed by atoms with Gasteiger partial charge in [0.15, 0.2) is 0 Å². The van der Waals surface area contributed by atoms with E-state index in [1.807, 2.05) is 24.3 Å². The van der Waals surface area contributed by atoms with Crippen molar-refractivity contribution in [2.24, 2.45) is 5.92 Å². The Bertz CT molecular complexity index is 492. The molecule has 0 radical (unpaired) electrons. The van der Waals surface area contributed by atoms with Crippen LogP contribution in [0.1, 0.15) is 44.1 Å². The van der Waals surface area contributed by atoms with Crippen LogP contribution in [0.25, 0.3) is 0 Å². The molecule has 22 heavy (non-hydrogen) atoms. The number of nitrogens with one attached hydrogen (secondary N) is 1. The highest BCUT2D eigenvalue weighted by molar-refractivity contribution is 6.30. The van der Waals surface area contributed by atoms with Crippen LogP contribution in [0.5, 0.6) is 0 Å². The van der Waals surface area contributed by atoms with E-state index in [9.17, 15) is 4.79 Å². The summed E-state index contributed by atoms with van der Waals surface area (Å²) in [4.78, 5) is 14.7. The van der Waals surface area contributed by atoms with Gasteiger partial charge in [-0.1, -0.05) is 23.7 Å². The Morgan fingerprint density at radius 1 is 1.14 bits per heavy atom. The fourth-order valence-corrected chi connectivity index (χ4v) is 3.36. The highest BCUT2D eigenvalue weighted by Crippen LogP contribution is 2.30. The predicted molar refractivity (Wildman–Crippen MR) is 89.9 cm³/mol. The van der Waals surface area contributed by atoms with E-state index in [1.54, 1.807) is 0 Å². The molecule has 2 fully saturated rings. The highest BCUT2D eigenvalue weighted by Gasteiger charge is 2.32. The van der Waals surface area contributed by atoms with Gasteiger partial charge in [0.2, 0.25) is 5.91 Å². The number of carbonyl (C=O) groups is 1. The van der Waals surface area contributed by atoms with Crippen molar-refractivity contribution in [3.63, 3.8) is 0 Å². The molecule has 1 aromatic rings. The van der Waals surface area contributed by atoms with E-state index in [0.717, 1.165) is 49.8 Å². The van der Waals surface area contributed by atoms with Crippen molar-refractivity contribution in [2.75, 3.05) is 13.1 Å².